The third-order valence-electron chi connectivity index (χ3n) is 3.17. The van der Waals surface area contributed by atoms with E-state index in [1.165, 1.54) is 0 Å². The molecule has 2 heterocycles. The number of carbonyl (C=O) groups excluding carboxylic acids is 1. The van der Waals surface area contributed by atoms with Crippen molar-refractivity contribution in [1.29, 1.82) is 0 Å². The molecule has 3 aromatic rings. The topological polar surface area (TPSA) is 96.7 Å². The molecule has 2 aromatic heterocycles. The summed E-state index contributed by atoms with van der Waals surface area (Å²) in [4.78, 5) is 16.2. The highest BCUT2D eigenvalue weighted by molar-refractivity contribution is 5.87. The second-order valence-electron chi connectivity index (χ2n) is 4.87. The van der Waals surface area contributed by atoms with E-state index in [0.717, 1.165) is 16.6 Å². The highest BCUT2D eigenvalue weighted by Crippen LogP contribution is 2.16. The van der Waals surface area contributed by atoms with Crippen LogP contribution in [0.3, 0.4) is 0 Å². The quantitative estimate of drug-likeness (QED) is 0.760. The molecule has 2 N–H and O–H groups in total. The number of aromatic amines is 1. The fourth-order valence-electron chi connectivity index (χ4n) is 2.15. The summed E-state index contributed by atoms with van der Waals surface area (Å²) in [5.41, 5.74) is 1.64. The summed E-state index contributed by atoms with van der Waals surface area (Å²) in [6.07, 6.45) is 0.220. The number of nitrogens with zero attached hydrogens (tertiary/aromatic N) is 3. The molecule has 7 nitrogen and oxygen atoms in total. The van der Waals surface area contributed by atoms with Crippen LogP contribution >= 0.6 is 0 Å². The zero-order valence-electron chi connectivity index (χ0n) is 11.8. The molecule has 7 heteroatoms. The monoisotopic (exact) mass is 285 g/mol. The second kappa shape index (κ2) is 5.35. The first-order valence-corrected chi connectivity index (χ1v) is 6.65. The van der Waals surface area contributed by atoms with E-state index in [2.05, 4.69) is 25.7 Å². The van der Waals surface area contributed by atoms with Crippen molar-refractivity contribution in [2.24, 2.45) is 0 Å². The molecule has 0 aliphatic heterocycles. The average molecular weight is 285 g/mol. The zero-order valence-corrected chi connectivity index (χ0v) is 11.8. The first-order chi connectivity index (χ1) is 10.1. The van der Waals surface area contributed by atoms with Crippen molar-refractivity contribution in [3.05, 3.63) is 41.7 Å². The van der Waals surface area contributed by atoms with E-state index >= 15 is 0 Å². The number of para-hydroxylation sites is 1. The van der Waals surface area contributed by atoms with Gasteiger partial charge in [-0.1, -0.05) is 23.4 Å². The number of benzene rings is 1. The van der Waals surface area contributed by atoms with Gasteiger partial charge in [0.05, 0.1) is 17.6 Å². The number of nitrogens with one attached hydrogen (secondary N) is 2. The minimum Gasteiger partial charge on any atom is -0.344 e. The molecule has 0 fully saturated rings. The summed E-state index contributed by atoms with van der Waals surface area (Å²) in [5, 5.41) is 14.6. The first kappa shape index (κ1) is 13.3. The van der Waals surface area contributed by atoms with E-state index < -0.39 is 0 Å². The molecule has 1 amide bonds. The van der Waals surface area contributed by atoms with E-state index in [-0.39, 0.29) is 18.4 Å². The number of H-pyrrole nitrogens is 1. The van der Waals surface area contributed by atoms with Gasteiger partial charge in [0.2, 0.25) is 11.8 Å². The Balaban J connectivity index is 1.69. The van der Waals surface area contributed by atoms with Gasteiger partial charge in [0.25, 0.3) is 0 Å². The van der Waals surface area contributed by atoms with Crippen LogP contribution in [0.15, 0.2) is 28.8 Å². The highest BCUT2D eigenvalue weighted by Gasteiger charge is 2.17. The van der Waals surface area contributed by atoms with Crippen LogP contribution in [0, 0.1) is 6.92 Å². The summed E-state index contributed by atoms with van der Waals surface area (Å²) in [5.74, 6) is 0.814. The molecule has 0 aliphatic carbocycles. The molecular formula is C14H15N5O2. The minimum atomic E-state index is -0.326. The predicted molar refractivity (Wildman–Crippen MR) is 75.4 cm³/mol. The van der Waals surface area contributed by atoms with Crippen molar-refractivity contribution in [3.8, 4) is 0 Å². The van der Waals surface area contributed by atoms with Gasteiger partial charge in [0.1, 0.15) is 6.04 Å². The van der Waals surface area contributed by atoms with Crippen LogP contribution in [0.1, 0.15) is 30.4 Å². The first-order valence-electron chi connectivity index (χ1n) is 6.65. The number of fused-ring (bicyclic) bond motifs is 1. The van der Waals surface area contributed by atoms with Crippen LogP contribution < -0.4 is 5.32 Å². The molecule has 0 spiro atoms. The lowest BCUT2D eigenvalue weighted by atomic mass is 10.1. The number of hydrogen-bond acceptors (Lipinski definition) is 5. The van der Waals surface area contributed by atoms with E-state index in [1.54, 1.807) is 13.8 Å². The molecule has 0 saturated heterocycles. The Morgan fingerprint density at radius 3 is 3.00 bits per heavy atom. The number of aryl methyl sites for hydroxylation is 1. The zero-order chi connectivity index (χ0) is 14.8. The number of aromatic nitrogens is 4. The summed E-state index contributed by atoms with van der Waals surface area (Å²) >= 11 is 0. The lowest BCUT2D eigenvalue weighted by Gasteiger charge is -2.09. The molecule has 0 bridgehead atoms. The van der Waals surface area contributed by atoms with Gasteiger partial charge in [-0.3, -0.25) is 9.89 Å². The smallest absolute Gasteiger partial charge is 0.248 e. The lowest BCUT2D eigenvalue weighted by molar-refractivity contribution is -0.121. The van der Waals surface area contributed by atoms with Crippen molar-refractivity contribution in [3.63, 3.8) is 0 Å². The number of hydrogen-bond donors (Lipinski definition) is 2. The van der Waals surface area contributed by atoms with E-state index in [9.17, 15) is 4.79 Å². The molecule has 1 atom stereocenters. The molecule has 0 unspecified atom stereocenters. The van der Waals surface area contributed by atoms with Gasteiger partial charge in [0.15, 0.2) is 5.82 Å². The normalized spacial score (nSPS) is 12.5. The van der Waals surface area contributed by atoms with Crippen molar-refractivity contribution < 1.29 is 9.32 Å². The van der Waals surface area contributed by atoms with E-state index in [1.807, 2.05) is 24.3 Å². The van der Waals surface area contributed by atoms with Gasteiger partial charge in [-0.2, -0.15) is 10.1 Å². The Morgan fingerprint density at radius 2 is 2.24 bits per heavy atom. The lowest BCUT2D eigenvalue weighted by Crippen LogP contribution is -2.28. The van der Waals surface area contributed by atoms with Crippen molar-refractivity contribution in [2.45, 2.75) is 26.3 Å². The highest BCUT2D eigenvalue weighted by atomic mass is 16.5. The Hall–Kier alpha value is -2.70. The van der Waals surface area contributed by atoms with Crippen LogP contribution in [0.4, 0.5) is 0 Å². The molecule has 3 rings (SSSR count). The van der Waals surface area contributed by atoms with Gasteiger partial charge >= 0.3 is 0 Å². The van der Waals surface area contributed by atoms with Gasteiger partial charge < -0.3 is 9.84 Å². The molecule has 108 valence electrons. The molecule has 21 heavy (non-hydrogen) atoms. The van der Waals surface area contributed by atoms with Gasteiger partial charge in [-0.05, 0) is 19.9 Å². The van der Waals surface area contributed by atoms with Gasteiger partial charge in [-0.25, -0.2) is 0 Å². The van der Waals surface area contributed by atoms with Crippen LogP contribution in [-0.2, 0) is 11.2 Å². The summed E-state index contributed by atoms with van der Waals surface area (Å²) in [6, 6.07) is 7.34. The van der Waals surface area contributed by atoms with E-state index in [0.29, 0.717) is 11.7 Å². The summed E-state index contributed by atoms with van der Waals surface area (Å²) in [6.45, 7) is 3.54. The fraction of sp³-hybridized carbons (Fsp3) is 0.286. The van der Waals surface area contributed by atoms with Crippen LogP contribution in [-0.4, -0.2) is 26.2 Å². The van der Waals surface area contributed by atoms with Crippen molar-refractivity contribution in [2.75, 3.05) is 0 Å². The van der Waals surface area contributed by atoms with Crippen LogP contribution in [0.2, 0.25) is 0 Å². The maximum Gasteiger partial charge on any atom is 0.248 e. The largest absolute Gasteiger partial charge is 0.344 e. The molecule has 0 aliphatic rings. The average Bonchev–Trinajstić information content (AvgIpc) is 3.06. The van der Waals surface area contributed by atoms with Crippen LogP contribution in [0.5, 0.6) is 0 Å². The third-order valence-corrected chi connectivity index (χ3v) is 3.17. The SMILES string of the molecule is Cc1noc([C@@H](C)NC(=O)Cc2[nH]nc3ccccc23)n1. The molecule has 1 aromatic carbocycles. The number of amides is 1. The number of carbonyl (C=O) groups is 1. The maximum absolute atomic E-state index is 12.1. The second-order valence-corrected chi connectivity index (χ2v) is 4.87. The van der Waals surface area contributed by atoms with Crippen molar-refractivity contribution >= 4 is 16.8 Å². The molecule has 0 radical (unpaired) electrons. The summed E-state index contributed by atoms with van der Waals surface area (Å²) < 4.78 is 5.04. The Kier molecular flexibility index (Phi) is 3.39. The summed E-state index contributed by atoms with van der Waals surface area (Å²) in [7, 11) is 0. The fourth-order valence-corrected chi connectivity index (χ4v) is 2.15. The minimum absolute atomic E-state index is 0.132. The number of rotatable bonds is 4. The van der Waals surface area contributed by atoms with Gasteiger partial charge in [-0.15, -0.1) is 0 Å². The van der Waals surface area contributed by atoms with Crippen molar-refractivity contribution in [1.82, 2.24) is 25.7 Å². The third kappa shape index (κ3) is 2.76. The molecular weight excluding hydrogens is 270 g/mol. The van der Waals surface area contributed by atoms with Gasteiger partial charge in [0, 0.05) is 5.39 Å². The predicted octanol–water partition coefficient (Wildman–Crippen LogP) is 1.67. The Morgan fingerprint density at radius 1 is 1.43 bits per heavy atom. The Bertz CT molecular complexity index is 776. The van der Waals surface area contributed by atoms with E-state index in [4.69, 9.17) is 4.52 Å². The molecule has 0 saturated carbocycles. The van der Waals surface area contributed by atoms with Crippen LogP contribution in [0.25, 0.3) is 10.9 Å². The Labute approximate surface area is 120 Å². The maximum atomic E-state index is 12.1. The standard InChI is InChI=1S/C14H15N5O2/c1-8(14-16-9(2)19-21-14)15-13(20)7-12-10-5-3-4-6-11(10)17-18-12/h3-6,8H,7H2,1-2H3,(H,15,20)(H,17,18)/t8-/m1/s1.